The van der Waals surface area contributed by atoms with Gasteiger partial charge in [0.2, 0.25) is 29.5 Å². The Morgan fingerprint density at radius 1 is 0.794 bits per heavy atom. The number of Topliss-reactive ketones (excluding diaryl/α,β-unsaturated/α-hetero) is 1. The summed E-state index contributed by atoms with van der Waals surface area (Å²) in [5.41, 5.74) is 1.34. The zero-order valence-corrected chi connectivity index (χ0v) is 59.2. The molecule has 1 spiro atoms. The van der Waals surface area contributed by atoms with Crippen LogP contribution >= 0.6 is 0 Å². The Kier molecular flexibility index (Phi) is 24.5. The second-order valence-corrected chi connectivity index (χ2v) is 29.4. The number of carbonyl (C=O) groups excluding carboxylic acids is 6. The van der Waals surface area contributed by atoms with E-state index in [1.807, 2.05) is 37.4 Å². The molecule has 531 valence electrons. The minimum Gasteiger partial charge on any atom is -0.740 e. The van der Waals surface area contributed by atoms with Crippen LogP contribution in [0.1, 0.15) is 154 Å². The van der Waals surface area contributed by atoms with Crippen LogP contribution in [0.15, 0.2) is 72.2 Å². The van der Waals surface area contributed by atoms with Gasteiger partial charge in [0, 0.05) is 134 Å². The molecule has 1 aromatic carbocycles. The van der Waals surface area contributed by atoms with Crippen LogP contribution in [0.4, 0.5) is 0 Å². The SMILES string of the molecule is C=C1C[C@@H]2CC[C@@]34CC5O[C@H]6[C@@H](O3)[C@H]3O[C@H](CC[C@@H]3O[C@@]6(C)[C@H]5O4)CC(=O)C[C@@H]3[C@@H](CC)[C@@H](C[C@H](O)CNC(=O)C4(NC(=O)[C@H](Cc5ccccc5)NC(=O)CNC(=O)CNC(=O)CCCC#Cc5cnc([S-])nc5)CCN(C)CC4)O[C@H]3C[C@H]3O[C@@H](CCC1O2)C[C@@H](C)C3=C.[Tb]. The third-order valence-electron chi connectivity index (χ3n) is 22.2. The van der Waals surface area contributed by atoms with E-state index in [1.165, 1.54) is 12.4 Å². The fraction of sp³-hybridized carbons (Fsp3) is 0.694. The van der Waals surface area contributed by atoms with Crippen molar-refractivity contribution < 1.29 is 110 Å². The van der Waals surface area contributed by atoms with Crippen molar-refractivity contribution in [2.45, 2.75) is 263 Å². The monoisotopic (exact) mass is 1500 g/mol. The number of unbranched alkanes of at least 4 members (excludes halogenated alkanes) is 1. The van der Waals surface area contributed by atoms with Crippen molar-refractivity contribution >= 4 is 47.9 Å². The number of fused-ring (bicyclic) bond motifs is 6. The normalized spacial score (nSPS) is 35.7. The Bertz CT molecular complexity index is 3240. The number of carbonyl (C=O) groups is 6. The minimum absolute atomic E-state index is 0. The maximum atomic E-state index is 14.8. The van der Waals surface area contributed by atoms with Gasteiger partial charge in [0.05, 0.1) is 79.7 Å². The summed E-state index contributed by atoms with van der Waals surface area (Å²) in [7, 11) is 1.94. The van der Waals surface area contributed by atoms with E-state index in [0.29, 0.717) is 70.0 Å². The molecular weight excluding hydrogens is 1410 g/mol. The molecule has 97 heavy (non-hydrogen) atoms. The van der Waals surface area contributed by atoms with Gasteiger partial charge in [0.1, 0.15) is 47.4 Å². The van der Waals surface area contributed by atoms with E-state index in [2.05, 4.69) is 87.2 Å². The molecule has 11 aliphatic heterocycles. The molecule has 1 radical (unpaired) electrons. The van der Waals surface area contributed by atoms with Crippen molar-refractivity contribution in [1.82, 2.24) is 41.5 Å². The first-order valence-corrected chi connectivity index (χ1v) is 35.6. The van der Waals surface area contributed by atoms with Gasteiger partial charge in [-0.05, 0) is 113 Å². The summed E-state index contributed by atoms with van der Waals surface area (Å²) in [5, 5.41) is 26.2. The first kappa shape index (κ1) is 73.7. The Labute approximate surface area is 605 Å². The Morgan fingerprint density at radius 3 is 2.30 bits per heavy atom. The standard InChI is InChI=1S/C72H98N8O15S.Tb/c1-7-51-52-32-46(81)31-49-19-21-55-63(90-49)64-66-70(5,93-55)65-59(92-66)35-72(94-64,95-65)23-22-50-29-42(3)54(88-50)20-18-48-28-41(2)43(4)56(89-48)34-58(52)91-57(51)33-47(82)38-75-68(87)71(24-26-80(6)27-25-71)79-67(86)53(30-44-14-10-8-11-15-44)78-62(85)40-74-61(84)39-73-60(83)17-13-9-12-16-45-36-76-69(96)77-37-45;/h8,10-11,14-15,36-37,41,47-59,63-66,82H,3-4,7,9,13,17-35,38-40H2,1-2,5-6H3,(H,73,83)(H,74,84)(H,75,87)(H,78,85)(H,79,86)(H,76,77,96);/p-1/t41-,47+,48+,49-,50+,51-,52-,53+,54?,55+,56-,57-,58+,59?,63+,64+,65+,66+,70+,72-;/m1./s1. The van der Waals surface area contributed by atoms with E-state index >= 15 is 0 Å². The summed E-state index contributed by atoms with van der Waals surface area (Å²) in [4.78, 5) is 93.0. The van der Waals surface area contributed by atoms with Gasteiger partial charge in [0.15, 0.2) is 5.79 Å². The molecule has 6 N–H and O–H groups in total. The summed E-state index contributed by atoms with van der Waals surface area (Å²) in [6.07, 6.45) is 8.06. The molecule has 11 aliphatic rings. The summed E-state index contributed by atoms with van der Waals surface area (Å²) >= 11 is 4.90. The van der Waals surface area contributed by atoms with Crippen LogP contribution in [0.2, 0.25) is 0 Å². The van der Waals surface area contributed by atoms with Crippen LogP contribution in [-0.2, 0) is 85.7 Å². The number of nitrogens with zero attached hydrogens (tertiary/aromatic N) is 3. The second kappa shape index (κ2) is 32.2. The number of nitrogens with one attached hydrogen (secondary N) is 5. The van der Waals surface area contributed by atoms with E-state index < -0.39 is 83.7 Å². The first-order valence-electron chi connectivity index (χ1n) is 35.1. The molecule has 2 aromatic rings. The van der Waals surface area contributed by atoms with Crippen LogP contribution in [0, 0.1) is 68.2 Å². The van der Waals surface area contributed by atoms with Crippen LogP contribution in [0.5, 0.6) is 0 Å². The summed E-state index contributed by atoms with van der Waals surface area (Å²) in [5.74, 6) is 2.19. The number of aliphatic hydroxyl groups is 1. The van der Waals surface area contributed by atoms with Gasteiger partial charge >= 0.3 is 0 Å². The van der Waals surface area contributed by atoms with Crippen molar-refractivity contribution in [1.29, 1.82) is 0 Å². The molecular formula is C72H97N8O15STb-. The topological polar surface area (TPSA) is 286 Å². The number of likely N-dealkylation sites (tertiary alicyclic amines) is 1. The van der Waals surface area contributed by atoms with Gasteiger partial charge in [-0.1, -0.05) is 75.6 Å². The molecule has 11 fully saturated rings. The third-order valence-corrected chi connectivity index (χ3v) is 22.4. The number of aliphatic hydroxyl groups excluding tert-OH is 1. The largest absolute Gasteiger partial charge is 0.740 e. The first-order chi connectivity index (χ1) is 46.1. The fourth-order valence-corrected chi connectivity index (χ4v) is 17.0. The van der Waals surface area contributed by atoms with Crippen LogP contribution in [0.3, 0.4) is 0 Å². The Hall–Kier alpha value is -4.53. The van der Waals surface area contributed by atoms with Gasteiger partial charge < -0.3 is 87.1 Å². The number of hydrogen-bond acceptors (Lipinski definition) is 19. The van der Waals surface area contributed by atoms with E-state index in [1.54, 1.807) is 0 Å². The number of hydrogen-bond donors (Lipinski definition) is 6. The van der Waals surface area contributed by atoms with Gasteiger partial charge in [0.25, 0.3) is 0 Å². The Morgan fingerprint density at radius 2 is 1.53 bits per heavy atom. The predicted molar refractivity (Wildman–Crippen MR) is 352 cm³/mol. The van der Waals surface area contributed by atoms with Crippen molar-refractivity contribution in [3.05, 3.63) is 78.2 Å². The number of rotatable bonds is 18. The second-order valence-electron chi connectivity index (χ2n) is 29.0. The van der Waals surface area contributed by atoms with Crippen molar-refractivity contribution in [3.8, 4) is 11.8 Å². The van der Waals surface area contributed by atoms with Crippen LogP contribution < -0.4 is 26.6 Å². The number of ether oxygens (including phenoxy) is 8. The van der Waals surface area contributed by atoms with Crippen LogP contribution in [-0.4, -0.2) is 203 Å². The molecule has 2 unspecified atom stereocenters. The molecule has 23 nitrogen and oxygen atoms in total. The van der Waals surface area contributed by atoms with E-state index in [-0.39, 0.29) is 186 Å². The van der Waals surface area contributed by atoms with Gasteiger partial charge in [-0.2, -0.15) is 0 Å². The molecule has 25 heteroatoms. The molecule has 20 atom stereocenters. The molecule has 0 aliphatic carbocycles. The summed E-state index contributed by atoms with van der Waals surface area (Å²) in [6.45, 7) is 15.4. The maximum Gasteiger partial charge on any atom is 0.245 e. The fourth-order valence-electron chi connectivity index (χ4n) is 16.9. The maximum absolute atomic E-state index is 14.8. The average Bonchev–Trinajstić information content (AvgIpc) is 1.53. The quantitative estimate of drug-likeness (QED) is 0.0395. The van der Waals surface area contributed by atoms with E-state index in [0.717, 1.165) is 48.8 Å². The number of benzene rings is 1. The average molecular weight is 1510 g/mol. The zero-order chi connectivity index (χ0) is 67.5. The van der Waals surface area contributed by atoms with Gasteiger partial charge in [-0.3, -0.25) is 38.7 Å². The predicted octanol–water partition coefficient (Wildman–Crippen LogP) is 4.46. The molecule has 12 heterocycles. The van der Waals surface area contributed by atoms with E-state index in [4.69, 9.17) is 50.5 Å². The molecule has 0 saturated carbocycles. The Balaban J connectivity index is 0.00000954. The number of piperidine rings is 1. The van der Waals surface area contributed by atoms with Crippen molar-refractivity contribution in [2.75, 3.05) is 39.8 Å². The van der Waals surface area contributed by atoms with Gasteiger partial charge in [-0.15, -0.1) is 0 Å². The number of amides is 5. The molecule has 12 bridgehead atoms. The number of ketones is 1. The third kappa shape index (κ3) is 17.3. The smallest absolute Gasteiger partial charge is 0.245 e. The molecule has 5 amide bonds. The number of aromatic nitrogens is 2. The van der Waals surface area contributed by atoms with E-state index in [9.17, 15) is 33.9 Å². The van der Waals surface area contributed by atoms with Crippen LogP contribution in [0.25, 0.3) is 0 Å². The zero-order valence-electron chi connectivity index (χ0n) is 56.3. The van der Waals surface area contributed by atoms with Crippen molar-refractivity contribution in [3.63, 3.8) is 0 Å². The minimum atomic E-state index is -1.41. The summed E-state index contributed by atoms with van der Waals surface area (Å²) in [6, 6.07) is 7.98. The summed E-state index contributed by atoms with van der Waals surface area (Å²) < 4.78 is 55.7. The molecule has 13 rings (SSSR count). The van der Waals surface area contributed by atoms with Gasteiger partial charge in [-0.25, -0.2) is 0 Å². The van der Waals surface area contributed by atoms with Crippen molar-refractivity contribution in [2.24, 2.45) is 17.8 Å². The molecule has 11 saturated heterocycles. The molecule has 1 aromatic heterocycles.